The lowest BCUT2D eigenvalue weighted by atomic mass is 9.46. The Morgan fingerprint density at radius 1 is 0.977 bits per heavy atom. The van der Waals surface area contributed by atoms with Crippen molar-refractivity contribution in [2.45, 2.75) is 90.2 Å². The van der Waals surface area contributed by atoms with E-state index in [1.165, 1.54) is 19.8 Å². The number of nitrogens with one attached hydrogen (secondary N) is 1. The molecule has 43 heavy (non-hydrogen) atoms. The Labute approximate surface area is 253 Å². The molecule has 3 saturated carbocycles. The maximum atomic E-state index is 13.5. The van der Waals surface area contributed by atoms with Crippen LogP contribution in [0.2, 0.25) is 0 Å². The Kier molecular flexibility index (Phi) is 8.76. The smallest absolute Gasteiger partial charge is 0.306 e. The van der Waals surface area contributed by atoms with Gasteiger partial charge in [0.05, 0.1) is 20.6 Å². The van der Waals surface area contributed by atoms with E-state index in [4.69, 9.17) is 14.2 Å². The van der Waals surface area contributed by atoms with Crippen LogP contribution in [0, 0.1) is 28.6 Å². The summed E-state index contributed by atoms with van der Waals surface area (Å²) in [5.74, 6) is 0.930. The molecule has 0 heterocycles. The first-order valence-electron chi connectivity index (χ1n) is 15.6. The minimum atomic E-state index is -1.55. The van der Waals surface area contributed by atoms with Gasteiger partial charge in [0, 0.05) is 30.4 Å². The summed E-state index contributed by atoms with van der Waals surface area (Å²) in [5, 5.41) is 14.6. The third-order valence-electron chi connectivity index (χ3n) is 11.5. The fourth-order valence-corrected chi connectivity index (χ4v) is 8.96. The van der Waals surface area contributed by atoms with E-state index in [9.17, 15) is 24.3 Å². The van der Waals surface area contributed by atoms with Crippen LogP contribution in [0.5, 0.6) is 11.5 Å². The Bertz CT molecular complexity index is 1320. The first kappa shape index (κ1) is 31.2. The predicted octanol–water partition coefficient (Wildman–Crippen LogP) is 4.48. The summed E-state index contributed by atoms with van der Waals surface area (Å²) in [7, 11) is 3.06. The first-order chi connectivity index (χ1) is 20.5. The number of esters is 1. The van der Waals surface area contributed by atoms with Gasteiger partial charge in [-0.15, -0.1) is 0 Å². The molecule has 9 heteroatoms. The lowest BCUT2D eigenvalue weighted by molar-refractivity contribution is -0.170. The highest BCUT2D eigenvalue weighted by molar-refractivity contribution is 5.92. The number of carbonyl (C=O) groups excluding carboxylic acids is 4. The van der Waals surface area contributed by atoms with Crippen LogP contribution in [-0.2, 0) is 30.5 Å². The number of hydrogen-bond acceptors (Lipinski definition) is 8. The second-order valence-corrected chi connectivity index (χ2v) is 13.3. The molecule has 6 atom stereocenters. The van der Waals surface area contributed by atoms with Crippen molar-refractivity contribution >= 4 is 23.4 Å². The van der Waals surface area contributed by atoms with Crippen LogP contribution in [0.25, 0.3) is 0 Å². The normalized spacial score (nSPS) is 32.9. The Morgan fingerprint density at radius 2 is 1.74 bits per heavy atom. The van der Waals surface area contributed by atoms with E-state index in [0.717, 1.165) is 44.1 Å². The minimum Gasteiger partial charge on any atom is -0.493 e. The zero-order chi connectivity index (χ0) is 31.0. The fraction of sp³-hybridized carbons (Fsp3) is 0.647. The van der Waals surface area contributed by atoms with Gasteiger partial charge in [-0.05, 0) is 80.3 Å². The van der Waals surface area contributed by atoms with Crippen LogP contribution in [-0.4, -0.2) is 55.0 Å². The molecule has 1 amide bonds. The molecule has 3 fully saturated rings. The molecule has 4 aliphatic carbocycles. The Hall–Kier alpha value is -3.20. The van der Waals surface area contributed by atoms with Crippen LogP contribution in [0.15, 0.2) is 29.8 Å². The maximum absolute atomic E-state index is 13.5. The predicted molar refractivity (Wildman–Crippen MR) is 158 cm³/mol. The number of ether oxygens (including phenoxy) is 3. The number of allylic oxidation sites excluding steroid dienone is 1. The molecule has 0 radical (unpaired) electrons. The standard InChI is InChI=1S/C34H45NO8/c1-32-15-12-23(36)18-22(32)8-9-24-25(32)13-16-33(2)26(24)14-17-34(33,40)28(37)20-43-30(39)11-10-29(38)35-19-21-6-5-7-27(41-3)31(21)42-4/h5-7,18,24-26,40H,8-17,19-20H2,1-4H3,(H,35,38)/t24-,25+,26+,32+,33+,34+/m0/s1. The fourth-order valence-electron chi connectivity index (χ4n) is 8.96. The van der Waals surface area contributed by atoms with Crippen molar-refractivity contribution in [3.8, 4) is 11.5 Å². The number of para-hydroxylation sites is 1. The Morgan fingerprint density at radius 3 is 2.49 bits per heavy atom. The summed E-state index contributed by atoms with van der Waals surface area (Å²) in [5.41, 5.74) is -0.0816. The average molecular weight is 596 g/mol. The third kappa shape index (κ3) is 5.49. The largest absolute Gasteiger partial charge is 0.493 e. The van der Waals surface area contributed by atoms with Gasteiger partial charge < -0.3 is 24.6 Å². The van der Waals surface area contributed by atoms with Gasteiger partial charge in [0.2, 0.25) is 11.7 Å². The summed E-state index contributed by atoms with van der Waals surface area (Å²) < 4.78 is 15.9. The number of ketones is 2. The van der Waals surface area contributed by atoms with Crippen LogP contribution in [0.1, 0.15) is 83.6 Å². The molecule has 4 aliphatic rings. The van der Waals surface area contributed by atoms with E-state index in [-0.39, 0.29) is 42.4 Å². The first-order valence-corrected chi connectivity index (χ1v) is 15.6. The highest BCUT2D eigenvalue weighted by Gasteiger charge is 2.66. The van der Waals surface area contributed by atoms with Gasteiger partial charge in [-0.3, -0.25) is 19.2 Å². The summed E-state index contributed by atoms with van der Waals surface area (Å²) in [6.07, 6.45) is 7.74. The highest BCUT2D eigenvalue weighted by atomic mass is 16.5. The van der Waals surface area contributed by atoms with Gasteiger partial charge in [-0.1, -0.05) is 31.6 Å². The van der Waals surface area contributed by atoms with Crippen LogP contribution in [0.4, 0.5) is 0 Å². The summed E-state index contributed by atoms with van der Waals surface area (Å²) in [4.78, 5) is 50.4. The van der Waals surface area contributed by atoms with Gasteiger partial charge in [-0.2, -0.15) is 0 Å². The molecule has 0 bridgehead atoms. The molecule has 1 aromatic rings. The lowest BCUT2D eigenvalue weighted by Crippen LogP contribution is -2.58. The van der Waals surface area contributed by atoms with Crippen LogP contribution < -0.4 is 14.8 Å². The van der Waals surface area contributed by atoms with Crippen molar-refractivity contribution in [3.05, 3.63) is 35.4 Å². The molecule has 0 spiro atoms. The summed E-state index contributed by atoms with van der Waals surface area (Å²) >= 11 is 0. The number of carbonyl (C=O) groups is 4. The molecule has 1 aromatic carbocycles. The molecule has 0 aromatic heterocycles. The van der Waals surface area contributed by atoms with E-state index < -0.39 is 29.4 Å². The molecule has 0 aliphatic heterocycles. The van der Waals surface area contributed by atoms with E-state index in [1.807, 2.05) is 19.1 Å². The number of hydrogen-bond donors (Lipinski definition) is 2. The van der Waals surface area contributed by atoms with Gasteiger partial charge in [0.15, 0.2) is 23.9 Å². The number of fused-ring (bicyclic) bond motifs is 5. The van der Waals surface area contributed by atoms with E-state index >= 15 is 0 Å². The quantitative estimate of drug-likeness (QED) is 0.379. The third-order valence-corrected chi connectivity index (χ3v) is 11.5. The van der Waals surface area contributed by atoms with Gasteiger partial charge in [0.25, 0.3) is 0 Å². The molecule has 0 saturated heterocycles. The molecular weight excluding hydrogens is 550 g/mol. The van der Waals surface area contributed by atoms with Gasteiger partial charge in [-0.25, -0.2) is 0 Å². The molecule has 0 unspecified atom stereocenters. The SMILES string of the molecule is COc1cccc(CNC(=O)CCC(=O)OCC(=O)[C@]2(O)CC[C@@H]3[C@H]4CCC5=CC(=O)CC[C@@]5(C)[C@@H]4CC[C@]32C)c1OC. The lowest BCUT2D eigenvalue weighted by Gasteiger charge is -2.58. The van der Waals surface area contributed by atoms with Crippen molar-refractivity contribution in [2.24, 2.45) is 28.6 Å². The topological polar surface area (TPSA) is 128 Å². The second kappa shape index (κ2) is 12.1. The zero-order valence-electron chi connectivity index (χ0n) is 25.8. The van der Waals surface area contributed by atoms with Crippen molar-refractivity contribution < 1.29 is 38.5 Å². The zero-order valence-corrected chi connectivity index (χ0v) is 25.8. The van der Waals surface area contributed by atoms with Crippen LogP contribution >= 0.6 is 0 Å². The van der Waals surface area contributed by atoms with Crippen LogP contribution in [0.3, 0.4) is 0 Å². The maximum Gasteiger partial charge on any atom is 0.306 e. The number of amides is 1. The van der Waals surface area contributed by atoms with E-state index in [0.29, 0.717) is 36.2 Å². The second-order valence-electron chi connectivity index (χ2n) is 13.3. The number of methoxy groups -OCH3 is 2. The van der Waals surface area contributed by atoms with E-state index in [2.05, 4.69) is 12.2 Å². The Balaban J connectivity index is 1.13. The monoisotopic (exact) mass is 595 g/mol. The number of benzene rings is 1. The molecule has 234 valence electrons. The molecule has 9 nitrogen and oxygen atoms in total. The van der Waals surface area contributed by atoms with E-state index in [1.54, 1.807) is 12.1 Å². The highest BCUT2D eigenvalue weighted by Crippen LogP contribution is 2.67. The number of aliphatic hydroxyl groups is 1. The van der Waals surface area contributed by atoms with Crippen molar-refractivity contribution in [1.82, 2.24) is 5.32 Å². The minimum absolute atomic E-state index is 0.0186. The number of rotatable bonds is 10. The molecule has 5 rings (SSSR count). The van der Waals surface area contributed by atoms with Crippen molar-refractivity contribution in [1.29, 1.82) is 0 Å². The summed E-state index contributed by atoms with van der Waals surface area (Å²) in [6, 6.07) is 5.37. The van der Waals surface area contributed by atoms with Gasteiger partial charge in [0.1, 0.15) is 5.60 Å². The average Bonchev–Trinajstić information content (AvgIpc) is 3.28. The van der Waals surface area contributed by atoms with Gasteiger partial charge >= 0.3 is 5.97 Å². The molecule has 2 N–H and O–H groups in total. The summed E-state index contributed by atoms with van der Waals surface area (Å²) in [6.45, 7) is 4.06. The number of Topliss-reactive ketones (excluding diaryl/α,β-unsaturated/α-hetero) is 1. The van der Waals surface area contributed by atoms with Crippen molar-refractivity contribution in [2.75, 3.05) is 20.8 Å². The molecular formula is C34H45NO8. The van der Waals surface area contributed by atoms with Crippen molar-refractivity contribution in [3.63, 3.8) is 0 Å².